The van der Waals surface area contributed by atoms with Gasteiger partial charge in [-0.15, -0.1) is 0 Å². The predicted molar refractivity (Wildman–Crippen MR) is 124 cm³/mol. The molecule has 0 atom stereocenters. The minimum absolute atomic E-state index is 0.151. The zero-order valence-corrected chi connectivity index (χ0v) is 17.9. The van der Waals surface area contributed by atoms with Crippen molar-refractivity contribution in [1.82, 2.24) is 0 Å². The summed E-state index contributed by atoms with van der Waals surface area (Å²) < 4.78 is 5.45. The summed E-state index contributed by atoms with van der Waals surface area (Å²) in [5.74, 6) is -0.627. The maximum atomic E-state index is 13.9. The summed E-state index contributed by atoms with van der Waals surface area (Å²) in [4.78, 5) is 27.2. The highest BCUT2D eigenvalue weighted by atomic mass is 16.5. The van der Waals surface area contributed by atoms with Crippen molar-refractivity contribution in [3.8, 4) is 0 Å². The van der Waals surface area contributed by atoms with E-state index < -0.39 is 5.97 Å². The Kier molecular flexibility index (Phi) is 5.68. The van der Waals surface area contributed by atoms with E-state index in [4.69, 9.17) is 4.74 Å². The van der Waals surface area contributed by atoms with Crippen molar-refractivity contribution in [3.05, 3.63) is 112 Å². The summed E-state index contributed by atoms with van der Waals surface area (Å²) in [5.41, 5.74) is 6.32. The molecule has 0 bridgehead atoms. The molecule has 0 spiro atoms. The van der Waals surface area contributed by atoms with Gasteiger partial charge in [0.25, 0.3) is 0 Å². The average Bonchev–Trinajstić information content (AvgIpc) is 3.08. The molecule has 0 saturated carbocycles. The number of carbonyl (C=O) groups is 2. The highest BCUT2D eigenvalue weighted by molar-refractivity contribution is 6.55. The van der Waals surface area contributed by atoms with Gasteiger partial charge in [-0.3, -0.25) is 4.79 Å². The standard InChI is InChI=1S/C28H24O3/c1-4-31-28(30)26-23(20-14-6-5-7-15-20)27(29)25(22-17-11-9-13-19(22)3)24(26)21-16-10-8-12-18(21)2/h5-17H,4H2,1-3H3. The fourth-order valence-electron chi connectivity index (χ4n) is 4.12. The molecule has 1 aliphatic rings. The lowest BCUT2D eigenvalue weighted by molar-refractivity contribution is -0.138. The molecule has 1 aliphatic carbocycles. The molecule has 0 fully saturated rings. The van der Waals surface area contributed by atoms with Gasteiger partial charge in [-0.05, 0) is 48.6 Å². The molecular weight excluding hydrogens is 384 g/mol. The Bertz CT molecular complexity index is 1230. The molecule has 31 heavy (non-hydrogen) atoms. The van der Waals surface area contributed by atoms with Gasteiger partial charge in [0, 0.05) is 16.7 Å². The minimum atomic E-state index is -0.475. The van der Waals surface area contributed by atoms with E-state index in [0.717, 1.165) is 22.3 Å². The Balaban J connectivity index is 2.11. The van der Waals surface area contributed by atoms with Gasteiger partial charge in [-0.25, -0.2) is 4.79 Å². The Labute approximate surface area is 182 Å². The number of Topliss-reactive ketones (excluding diaryl/α,β-unsaturated/α-hetero) is 1. The topological polar surface area (TPSA) is 43.4 Å². The zero-order chi connectivity index (χ0) is 22.0. The van der Waals surface area contributed by atoms with Crippen molar-refractivity contribution < 1.29 is 14.3 Å². The lowest BCUT2D eigenvalue weighted by Gasteiger charge is -2.15. The smallest absolute Gasteiger partial charge is 0.339 e. The Morgan fingerprint density at radius 2 is 1.23 bits per heavy atom. The van der Waals surface area contributed by atoms with Crippen LogP contribution in [0.3, 0.4) is 0 Å². The molecule has 0 aromatic heterocycles. The van der Waals surface area contributed by atoms with E-state index in [1.165, 1.54) is 0 Å². The fraction of sp³-hybridized carbons (Fsp3) is 0.143. The first-order valence-electron chi connectivity index (χ1n) is 10.4. The quantitative estimate of drug-likeness (QED) is 0.500. The average molecular weight is 408 g/mol. The molecule has 154 valence electrons. The Morgan fingerprint density at radius 3 is 1.77 bits per heavy atom. The molecule has 4 rings (SSSR count). The number of carbonyl (C=O) groups excluding carboxylic acids is 2. The van der Waals surface area contributed by atoms with Gasteiger partial charge in [-0.2, -0.15) is 0 Å². The van der Waals surface area contributed by atoms with Crippen LogP contribution in [0.25, 0.3) is 16.7 Å². The van der Waals surface area contributed by atoms with Gasteiger partial charge < -0.3 is 4.74 Å². The molecule has 3 aromatic carbocycles. The van der Waals surface area contributed by atoms with Crippen LogP contribution in [0.1, 0.15) is 34.7 Å². The monoisotopic (exact) mass is 408 g/mol. The van der Waals surface area contributed by atoms with Crippen LogP contribution >= 0.6 is 0 Å². The van der Waals surface area contributed by atoms with Gasteiger partial charge >= 0.3 is 5.97 Å². The summed E-state index contributed by atoms with van der Waals surface area (Å²) >= 11 is 0. The number of rotatable bonds is 5. The van der Waals surface area contributed by atoms with E-state index >= 15 is 0 Å². The molecule has 0 saturated heterocycles. The largest absolute Gasteiger partial charge is 0.462 e. The third-order valence-electron chi connectivity index (χ3n) is 5.57. The number of aryl methyl sites for hydroxylation is 2. The van der Waals surface area contributed by atoms with Crippen LogP contribution in [0.5, 0.6) is 0 Å². The molecule has 0 amide bonds. The highest BCUT2D eigenvalue weighted by Gasteiger charge is 2.39. The third-order valence-corrected chi connectivity index (χ3v) is 5.57. The van der Waals surface area contributed by atoms with E-state index in [0.29, 0.717) is 27.9 Å². The van der Waals surface area contributed by atoms with E-state index in [-0.39, 0.29) is 12.4 Å². The fourth-order valence-corrected chi connectivity index (χ4v) is 4.12. The Morgan fingerprint density at radius 1 is 0.710 bits per heavy atom. The van der Waals surface area contributed by atoms with Gasteiger partial charge in [0.05, 0.1) is 12.2 Å². The van der Waals surface area contributed by atoms with Crippen LogP contribution < -0.4 is 0 Å². The van der Waals surface area contributed by atoms with E-state index in [2.05, 4.69) is 0 Å². The van der Waals surface area contributed by atoms with Crippen LogP contribution in [0.15, 0.2) is 84.4 Å². The lowest BCUT2D eigenvalue weighted by atomic mass is 9.89. The molecule has 3 aromatic rings. The SMILES string of the molecule is CCOC(=O)C1=C(c2ccccc2)C(=O)C(c2ccccc2C)=C1c1ccccc1C. The first kappa shape index (κ1) is 20.5. The number of ketones is 1. The summed E-state index contributed by atoms with van der Waals surface area (Å²) in [6.07, 6.45) is 0. The second-order valence-electron chi connectivity index (χ2n) is 7.55. The second kappa shape index (κ2) is 8.57. The van der Waals surface area contributed by atoms with Crippen molar-refractivity contribution >= 4 is 28.5 Å². The lowest BCUT2D eigenvalue weighted by Crippen LogP contribution is -2.11. The van der Waals surface area contributed by atoms with Crippen LogP contribution in [0.4, 0.5) is 0 Å². The number of hydrogen-bond acceptors (Lipinski definition) is 3. The Hall–Kier alpha value is -3.72. The summed E-state index contributed by atoms with van der Waals surface area (Å²) in [5, 5.41) is 0. The van der Waals surface area contributed by atoms with Crippen LogP contribution in [-0.2, 0) is 14.3 Å². The van der Waals surface area contributed by atoms with E-state index in [9.17, 15) is 9.59 Å². The second-order valence-corrected chi connectivity index (χ2v) is 7.55. The van der Waals surface area contributed by atoms with Crippen molar-refractivity contribution in [2.24, 2.45) is 0 Å². The molecule has 3 heteroatoms. The van der Waals surface area contributed by atoms with E-state index in [1.807, 2.05) is 92.7 Å². The van der Waals surface area contributed by atoms with E-state index in [1.54, 1.807) is 6.92 Å². The van der Waals surface area contributed by atoms with Gasteiger partial charge in [0.15, 0.2) is 5.78 Å². The summed E-state index contributed by atoms with van der Waals surface area (Å²) in [6, 6.07) is 25.0. The molecule has 0 N–H and O–H groups in total. The molecule has 0 unspecified atom stereocenters. The maximum Gasteiger partial charge on any atom is 0.339 e. The highest BCUT2D eigenvalue weighted by Crippen LogP contribution is 2.46. The number of ether oxygens (including phenoxy) is 1. The van der Waals surface area contributed by atoms with Crippen LogP contribution in [-0.4, -0.2) is 18.4 Å². The first-order chi connectivity index (χ1) is 15.0. The molecule has 3 nitrogen and oxygen atoms in total. The number of benzene rings is 3. The normalized spacial score (nSPS) is 13.7. The van der Waals surface area contributed by atoms with Gasteiger partial charge in [0.1, 0.15) is 0 Å². The third kappa shape index (κ3) is 3.64. The molecule has 0 radical (unpaired) electrons. The van der Waals surface area contributed by atoms with Crippen LogP contribution in [0.2, 0.25) is 0 Å². The summed E-state index contributed by atoms with van der Waals surface area (Å²) in [7, 11) is 0. The van der Waals surface area contributed by atoms with Gasteiger partial charge in [-0.1, -0.05) is 78.9 Å². The van der Waals surface area contributed by atoms with Gasteiger partial charge in [0.2, 0.25) is 0 Å². The zero-order valence-electron chi connectivity index (χ0n) is 17.9. The minimum Gasteiger partial charge on any atom is -0.462 e. The number of esters is 1. The molecular formula is C28H24O3. The number of hydrogen-bond donors (Lipinski definition) is 0. The van der Waals surface area contributed by atoms with Crippen LogP contribution in [0, 0.1) is 13.8 Å². The summed E-state index contributed by atoms with van der Waals surface area (Å²) in [6.45, 7) is 5.98. The molecule has 0 aliphatic heterocycles. The van der Waals surface area contributed by atoms with Crippen molar-refractivity contribution in [2.75, 3.05) is 6.61 Å². The van der Waals surface area contributed by atoms with Crippen molar-refractivity contribution in [3.63, 3.8) is 0 Å². The van der Waals surface area contributed by atoms with Crippen molar-refractivity contribution in [1.29, 1.82) is 0 Å². The maximum absolute atomic E-state index is 13.9. The number of allylic oxidation sites excluding steroid dienone is 2. The first-order valence-corrected chi connectivity index (χ1v) is 10.4. The van der Waals surface area contributed by atoms with Crippen molar-refractivity contribution in [2.45, 2.75) is 20.8 Å². The predicted octanol–water partition coefficient (Wildman–Crippen LogP) is 5.81. The molecule has 0 heterocycles.